The molecule has 0 spiro atoms. The van der Waals surface area contributed by atoms with Gasteiger partial charge in [-0.05, 0) is 42.4 Å². The van der Waals surface area contributed by atoms with Gasteiger partial charge >= 0.3 is 0 Å². The van der Waals surface area contributed by atoms with Gasteiger partial charge in [0.25, 0.3) is 0 Å². The van der Waals surface area contributed by atoms with E-state index in [2.05, 4.69) is 82.1 Å². The molecule has 3 heteroatoms. The number of para-hydroxylation sites is 1. The van der Waals surface area contributed by atoms with Crippen LogP contribution in [-0.4, -0.2) is 19.1 Å². The molecule has 0 fully saturated rings. The van der Waals surface area contributed by atoms with Crippen molar-refractivity contribution >= 4 is 17.7 Å². The molecular formula is C23H31N3. The standard InChI is InChI=1S/C23H31N3/c1-8-25-26(23(24-7)21-13-10-9-12-18(21)6)22-19(16(2)3)14-11-15-20(22)17(4)5/h8-17H,1-7H3/b24-23?,25-8-. The van der Waals surface area contributed by atoms with Crippen molar-refractivity contribution in [2.24, 2.45) is 10.1 Å². The topological polar surface area (TPSA) is 28.0 Å². The quantitative estimate of drug-likeness (QED) is 0.362. The summed E-state index contributed by atoms with van der Waals surface area (Å²) in [6.45, 7) is 13.0. The van der Waals surface area contributed by atoms with Gasteiger partial charge in [-0.2, -0.15) is 5.10 Å². The van der Waals surface area contributed by atoms with E-state index in [-0.39, 0.29) is 0 Å². The zero-order valence-corrected chi connectivity index (χ0v) is 17.1. The number of aliphatic imine (C=N–C) groups is 1. The molecule has 0 N–H and O–H groups in total. The van der Waals surface area contributed by atoms with Gasteiger partial charge in [0.2, 0.25) is 0 Å². The average Bonchev–Trinajstić information content (AvgIpc) is 2.62. The lowest BCUT2D eigenvalue weighted by atomic mass is 9.92. The summed E-state index contributed by atoms with van der Waals surface area (Å²) in [5, 5.41) is 6.77. The van der Waals surface area contributed by atoms with E-state index in [0.29, 0.717) is 11.8 Å². The molecule has 26 heavy (non-hydrogen) atoms. The second-order valence-corrected chi connectivity index (χ2v) is 7.14. The monoisotopic (exact) mass is 349 g/mol. The molecule has 2 aromatic carbocycles. The number of rotatable bonds is 5. The van der Waals surface area contributed by atoms with Crippen LogP contribution in [-0.2, 0) is 0 Å². The number of aryl methyl sites for hydroxylation is 1. The van der Waals surface area contributed by atoms with Crippen molar-refractivity contribution in [3.63, 3.8) is 0 Å². The predicted octanol–water partition coefficient (Wildman–Crippen LogP) is 6.13. The Morgan fingerprint density at radius 3 is 1.96 bits per heavy atom. The lowest BCUT2D eigenvalue weighted by Crippen LogP contribution is -2.29. The largest absolute Gasteiger partial charge is 0.270 e. The molecule has 0 bridgehead atoms. The molecule has 3 nitrogen and oxygen atoms in total. The lowest BCUT2D eigenvalue weighted by Gasteiger charge is -2.29. The third-order valence-electron chi connectivity index (χ3n) is 4.58. The molecule has 0 heterocycles. The first-order valence-electron chi connectivity index (χ1n) is 9.36. The Kier molecular flexibility index (Phi) is 6.73. The Balaban J connectivity index is 2.77. The predicted molar refractivity (Wildman–Crippen MR) is 115 cm³/mol. The van der Waals surface area contributed by atoms with Crippen LogP contribution in [0.1, 0.15) is 68.7 Å². The molecule has 138 valence electrons. The van der Waals surface area contributed by atoms with Crippen molar-refractivity contribution in [2.75, 3.05) is 12.1 Å². The summed E-state index contributed by atoms with van der Waals surface area (Å²) in [4.78, 5) is 4.64. The lowest BCUT2D eigenvalue weighted by molar-refractivity contribution is 0.824. The van der Waals surface area contributed by atoms with E-state index < -0.39 is 0 Å². The summed E-state index contributed by atoms with van der Waals surface area (Å²) < 4.78 is 0. The minimum absolute atomic E-state index is 0.397. The van der Waals surface area contributed by atoms with E-state index in [0.717, 1.165) is 17.1 Å². The fourth-order valence-electron chi connectivity index (χ4n) is 3.24. The Bertz CT molecular complexity index is 775. The van der Waals surface area contributed by atoms with Crippen LogP contribution in [0.4, 0.5) is 5.69 Å². The molecule has 0 saturated carbocycles. The highest BCUT2D eigenvalue weighted by atomic mass is 15.5. The smallest absolute Gasteiger partial charge is 0.156 e. The second-order valence-electron chi connectivity index (χ2n) is 7.14. The third-order valence-corrected chi connectivity index (χ3v) is 4.58. The van der Waals surface area contributed by atoms with Crippen LogP contribution in [0.3, 0.4) is 0 Å². The minimum Gasteiger partial charge on any atom is -0.270 e. The fraction of sp³-hybridized carbons (Fsp3) is 0.391. The number of benzene rings is 2. The van der Waals surface area contributed by atoms with Gasteiger partial charge in [0, 0.05) is 18.8 Å². The maximum absolute atomic E-state index is 4.75. The first kappa shape index (κ1) is 19.9. The molecule has 0 aromatic heterocycles. The normalized spacial score (nSPS) is 12.4. The zero-order valence-electron chi connectivity index (χ0n) is 17.1. The summed E-state index contributed by atoms with van der Waals surface area (Å²) in [7, 11) is 1.84. The first-order valence-corrected chi connectivity index (χ1v) is 9.36. The maximum atomic E-state index is 4.75. The van der Waals surface area contributed by atoms with E-state index >= 15 is 0 Å². The summed E-state index contributed by atoms with van der Waals surface area (Å²) in [5.41, 5.74) is 6.03. The molecular weight excluding hydrogens is 318 g/mol. The van der Waals surface area contributed by atoms with E-state index in [1.807, 2.05) is 25.2 Å². The summed E-state index contributed by atoms with van der Waals surface area (Å²) in [6, 6.07) is 14.9. The van der Waals surface area contributed by atoms with Crippen LogP contribution in [0.5, 0.6) is 0 Å². The zero-order chi connectivity index (χ0) is 19.3. The molecule has 0 amide bonds. The summed E-state index contributed by atoms with van der Waals surface area (Å²) >= 11 is 0. The van der Waals surface area contributed by atoms with Gasteiger partial charge < -0.3 is 0 Å². The number of nitrogens with zero attached hydrogens (tertiary/aromatic N) is 3. The molecule has 2 aromatic rings. The van der Waals surface area contributed by atoms with Crippen molar-refractivity contribution in [2.45, 2.75) is 53.4 Å². The van der Waals surface area contributed by atoms with Gasteiger partial charge in [-0.1, -0.05) is 70.2 Å². The van der Waals surface area contributed by atoms with Crippen molar-refractivity contribution in [3.8, 4) is 0 Å². The van der Waals surface area contributed by atoms with Crippen molar-refractivity contribution < 1.29 is 0 Å². The Morgan fingerprint density at radius 1 is 0.923 bits per heavy atom. The van der Waals surface area contributed by atoms with Crippen LogP contribution < -0.4 is 5.01 Å². The maximum Gasteiger partial charge on any atom is 0.156 e. The van der Waals surface area contributed by atoms with Gasteiger partial charge in [-0.15, -0.1) is 0 Å². The van der Waals surface area contributed by atoms with E-state index in [9.17, 15) is 0 Å². The van der Waals surface area contributed by atoms with Gasteiger partial charge in [0.05, 0.1) is 5.69 Å². The van der Waals surface area contributed by atoms with Gasteiger partial charge in [0.1, 0.15) is 0 Å². The van der Waals surface area contributed by atoms with Crippen LogP contribution in [0.2, 0.25) is 0 Å². The van der Waals surface area contributed by atoms with E-state index in [1.54, 1.807) is 0 Å². The van der Waals surface area contributed by atoms with E-state index in [1.165, 1.54) is 16.7 Å². The van der Waals surface area contributed by atoms with Crippen LogP contribution in [0, 0.1) is 6.92 Å². The molecule has 0 saturated heterocycles. The van der Waals surface area contributed by atoms with Crippen molar-refractivity contribution in [1.29, 1.82) is 0 Å². The molecule has 0 radical (unpaired) electrons. The number of hydrogen-bond donors (Lipinski definition) is 0. The number of hydrazone groups is 1. The molecule has 0 aliphatic carbocycles. The fourth-order valence-corrected chi connectivity index (χ4v) is 3.24. The number of anilines is 1. The van der Waals surface area contributed by atoms with Gasteiger partial charge in [-0.25, -0.2) is 5.01 Å². The Labute approximate surface area is 158 Å². The number of hydrogen-bond acceptors (Lipinski definition) is 2. The van der Waals surface area contributed by atoms with E-state index in [4.69, 9.17) is 5.10 Å². The molecule has 0 unspecified atom stereocenters. The van der Waals surface area contributed by atoms with Crippen molar-refractivity contribution in [3.05, 3.63) is 64.7 Å². The highest BCUT2D eigenvalue weighted by Crippen LogP contribution is 2.36. The van der Waals surface area contributed by atoms with Crippen LogP contribution >= 0.6 is 0 Å². The molecule has 0 aliphatic heterocycles. The second kappa shape index (κ2) is 8.79. The Hall–Kier alpha value is -2.42. The SMILES string of the molecule is C/C=N\N(C(=NC)c1ccccc1C)c1c(C(C)C)cccc1C(C)C. The van der Waals surface area contributed by atoms with Crippen molar-refractivity contribution in [1.82, 2.24) is 0 Å². The van der Waals surface area contributed by atoms with Gasteiger partial charge in [-0.3, -0.25) is 4.99 Å². The number of amidine groups is 1. The summed E-state index contributed by atoms with van der Waals surface area (Å²) in [5.74, 6) is 1.66. The third kappa shape index (κ3) is 4.04. The minimum atomic E-state index is 0.397. The average molecular weight is 350 g/mol. The van der Waals surface area contributed by atoms with Crippen LogP contribution in [0.15, 0.2) is 52.6 Å². The molecule has 0 atom stereocenters. The highest BCUT2D eigenvalue weighted by Gasteiger charge is 2.24. The molecule has 2 rings (SSSR count). The highest BCUT2D eigenvalue weighted by molar-refractivity contribution is 6.11. The Morgan fingerprint density at radius 2 is 1.50 bits per heavy atom. The molecule has 0 aliphatic rings. The van der Waals surface area contributed by atoms with Gasteiger partial charge in [0.15, 0.2) is 5.84 Å². The summed E-state index contributed by atoms with van der Waals surface area (Å²) in [6.07, 6.45) is 1.84. The first-order chi connectivity index (χ1) is 12.4. The van der Waals surface area contributed by atoms with Crippen LogP contribution in [0.25, 0.3) is 0 Å².